The van der Waals surface area contributed by atoms with Crippen molar-refractivity contribution in [2.45, 2.75) is 141 Å². The summed E-state index contributed by atoms with van der Waals surface area (Å²) in [5.74, 6) is -13.8. The second-order valence-corrected chi connectivity index (χ2v) is 17.5. The molecule has 2 aromatic rings. The van der Waals surface area contributed by atoms with Gasteiger partial charge in [0.2, 0.25) is 11.8 Å². The number of carboxylic acid groups (broad SMARTS) is 1. The Hall–Kier alpha value is -7.75. The zero-order valence-electron chi connectivity index (χ0n) is 43.8. The summed E-state index contributed by atoms with van der Waals surface area (Å²) in [5, 5.41) is 17.3. The van der Waals surface area contributed by atoms with Crippen molar-refractivity contribution < 1.29 is 115 Å². The molecule has 27 nitrogen and oxygen atoms in total. The number of aliphatic carboxylic acids is 1. The third-order valence-electron chi connectivity index (χ3n) is 11.5. The number of carbonyl (C=O) groups is 11. The third-order valence-corrected chi connectivity index (χ3v) is 11.5. The largest absolute Gasteiger partial charge is 0.480 e. The van der Waals surface area contributed by atoms with Crippen LogP contribution in [0.4, 0.5) is 4.79 Å². The number of alkyl carbamates (subject to hydrolysis) is 1. The molecule has 1 heterocycles. The topological polar surface area (TPSA) is 355 Å². The van der Waals surface area contributed by atoms with Crippen LogP contribution in [0.3, 0.4) is 0 Å². The summed E-state index contributed by atoms with van der Waals surface area (Å²) in [6, 6.07) is 11.3. The minimum Gasteiger partial charge on any atom is -0.480 e. The van der Waals surface area contributed by atoms with Gasteiger partial charge in [-0.2, -0.15) is 0 Å². The van der Waals surface area contributed by atoms with Crippen LogP contribution in [-0.2, 0) is 105 Å². The molecule has 0 radical (unpaired) electrons. The summed E-state index contributed by atoms with van der Waals surface area (Å²) in [5.41, 5.74) is 3.58. The fraction of sp³-hybridized carbons (Fsp3) is 0.540. The van der Waals surface area contributed by atoms with Crippen molar-refractivity contribution in [3.63, 3.8) is 0 Å². The Kier molecular flexibility index (Phi) is 22.8. The van der Waals surface area contributed by atoms with E-state index in [1.807, 2.05) is 48.5 Å². The molecule has 11 atom stereocenters. The smallest absolute Gasteiger partial charge is 0.408 e. The maximum absolute atomic E-state index is 14.2. The number of esters is 7. The van der Waals surface area contributed by atoms with Gasteiger partial charge in [0.25, 0.3) is 5.79 Å². The maximum Gasteiger partial charge on any atom is 0.408 e. The van der Waals surface area contributed by atoms with Crippen LogP contribution < -0.4 is 16.0 Å². The summed E-state index contributed by atoms with van der Waals surface area (Å²) >= 11 is 0. The fourth-order valence-corrected chi connectivity index (χ4v) is 8.65. The first kappa shape index (κ1) is 61.8. The molecule has 1 aliphatic carbocycles. The van der Waals surface area contributed by atoms with Crippen molar-refractivity contribution in [1.29, 1.82) is 0 Å². The van der Waals surface area contributed by atoms with Crippen molar-refractivity contribution in [1.82, 2.24) is 16.0 Å². The Morgan fingerprint density at radius 3 is 1.77 bits per heavy atom. The van der Waals surface area contributed by atoms with E-state index >= 15 is 0 Å². The Morgan fingerprint density at radius 2 is 1.26 bits per heavy atom. The molecule has 0 spiro atoms. The SMILES string of the molecule is COC(=O)[C@@]1(OCC(OCO[C@H](NC(C)=O)[C@H](NC(=O)OCC2c3ccccc3-c3ccccc32)C(=O)O)[C@H](OC(C)=O)[C@@H](C)OC(C)=O)C[C@@H](OC(C)=O)[C@@H](NC(C)=O)C([C@H](OC(C)=O)[C@@H](COC(C)=O)OC(C)=O)O1. The molecule has 1 saturated heterocycles. The van der Waals surface area contributed by atoms with Crippen LogP contribution in [0, 0.1) is 0 Å². The zero-order chi connectivity index (χ0) is 57.3. The molecule has 0 aromatic heterocycles. The minimum absolute atomic E-state index is 0.223. The summed E-state index contributed by atoms with van der Waals surface area (Å²) in [4.78, 5) is 141. The predicted molar refractivity (Wildman–Crippen MR) is 256 cm³/mol. The van der Waals surface area contributed by atoms with Gasteiger partial charge >= 0.3 is 53.8 Å². The lowest BCUT2D eigenvalue weighted by Crippen LogP contribution is -2.69. The first-order valence-electron chi connectivity index (χ1n) is 23.8. The van der Waals surface area contributed by atoms with Crippen LogP contribution in [0.5, 0.6) is 0 Å². The van der Waals surface area contributed by atoms with E-state index in [9.17, 15) is 57.8 Å². The van der Waals surface area contributed by atoms with E-state index < -0.39 is 165 Å². The number of carbonyl (C=O) groups excluding carboxylic acids is 10. The lowest BCUT2D eigenvalue weighted by molar-refractivity contribution is -0.323. The van der Waals surface area contributed by atoms with Crippen LogP contribution in [-0.4, -0.2) is 171 Å². The number of methoxy groups -OCH3 is 1. The second kappa shape index (κ2) is 28.4. The first-order valence-corrected chi connectivity index (χ1v) is 23.8. The monoisotopic (exact) mass is 1090 g/mol. The third kappa shape index (κ3) is 17.7. The molecule has 4 rings (SSSR count). The molecule has 2 unspecified atom stereocenters. The zero-order valence-corrected chi connectivity index (χ0v) is 43.8. The van der Waals surface area contributed by atoms with Crippen LogP contribution in [0.25, 0.3) is 11.1 Å². The van der Waals surface area contributed by atoms with Gasteiger partial charge in [0, 0.05) is 61.3 Å². The van der Waals surface area contributed by atoms with E-state index in [4.69, 9.17) is 56.8 Å². The summed E-state index contributed by atoms with van der Waals surface area (Å²) in [6.07, 6.45) is -16.3. The molecule has 3 amide bonds. The molecular formula is C50H63N3O24. The van der Waals surface area contributed by atoms with E-state index in [2.05, 4.69) is 16.0 Å². The average molecular weight is 1090 g/mol. The summed E-state index contributed by atoms with van der Waals surface area (Å²) in [7, 11) is 0.891. The molecule has 77 heavy (non-hydrogen) atoms. The van der Waals surface area contributed by atoms with Gasteiger partial charge in [-0.3, -0.25) is 38.4 Å². The van der Waals surface area contributed by atoms with Crippen molar-refractivity contribution in [2.75, 3.05) is 33.7 Å². The predicted octanol–water partition coefficient (Wildman–Crippen LogP) is 1.22. The normalized spacial score (nSPS) is 20.2. The lowest BCUT2D eigenvalue weighted by atomic mass is 9.88. The number of fused-ring (bicyclic) bond motifs is 3. The number of ether oxygens (including phenoxy) is 12. The van der Waals surface area contributed by atoms with Crippen LogP contribution in [0.2, 0.25) is 0 Å². The number of hydrogen-bond donors (Lipinski definition) is 4. The Morgan fingerprint density at radius 1 is 0.675 bits per heavy atom. The molecule has 422 valence electrons. The number of rotatable bonds is 26. The van der Waals surface area contributed by atoms with Gasteiger partial charge in [-0.05, 0) is 29.2 Å². The summed E-state index contributed by atoms with van der Waals surface area (Å²) < 4.78 is 67.4. The highest BCUT2D eigenvalue weighted by molar-refractivity contribution is 5.83. The molecular weight excluding hydrogens is 1030 g/mol. The number of amides is 3. The quantitative estimate of drug-likeness (QED) is 0.0584. The van der Waals surface area contributed by atoms with Gasteiger partial charge in [-0.1, -0.05) is 48.5 Å². The number of nitrogens with one attached hydrogen (secondary N) is 3. The van der Waals surface area contributed by atoms with Crippen LogP contribution >= 0.6 is 0 Å². The number of carboxylic acids is 1. The van der Waals surface area contributed by atoms with Crippen molar-refractivity contribution in [3.05, 3.63) is 59.7 Å². The molecule has 0 saturated carbocycles. The van der Waals surface area contributed by atoms with E-state index in [0.29, 0.717) is 0 Å². The number of hydrogen-bond acceptors (Lipinski definition) is 23. The van der Waals surface area contributed by atoms with E-state index in [0.717, 1.165) is 84.8 Å². The van der Waals surface area contributed by atoms with Crippen LogP contribution in [0.15, 0.2) is 48.5 Å². The fourth-order valence-electron chi connectivity index (χ4n) is 8.65. The van der Waals surface area contributed by atoms with Gasteiger partial charge in [-0.15, -0.1) is 0 Å². The molecule has 27 heteroatoms. The highest BCUT2D eigenvalue weighted by Gasteiger charge is 2.60. The standard InChI is InChI=1S/C50H63N3O24/c1-24(72-28(5)57)43(75-31(8)60)39(69-23-70-46(52-26(3)55)42(47(62)63)53-49(65)68-20-37-35-17-13-11-15-33(35)34-16-12-14-18-36(34)37)22-71-50(48(64)66-10)19-38(73-29(6)58)41(51-25(2)54)45(77-50)44(76-32(9)61)40(74-30(7)59)21-67-27(4)56/h11-18,24,37-46H,19-23H2,1-10H3,(H,51,54)(H,52,55)(H,53,65)(H,62,63)/t24-,38-,39?,40-,41-,42+,43-,44-,45?,46+,50-/m1/s1. The molecule has 1 fully saturated rings. The second-order valence-electron chi connectivity index (χ2n) is 17.5. The molecule has 0 bridgehead atoms. The van der Waals surface area contributed by atoms with Gasteiger partial charge in [-0.25, -0.2) is 14.4 Å². The molecule has 1 aliphatic heterocycles. The Labute approximate surface area is 441 Å². The van der Waals surface area contributed by atoms with Crippen molar-refractivity contribution in [3.8, 4) is 11.1 Å². The Bertz CT molecular complexity index is 2460. The highest BCUT2D eigenvalue weighted by atomic mass is 16.8. The van der Waals surface area contributed by atoms with Gasteiger partial charge in [0.15, 0.2) is 30.6 Å². The van der Waals surface area contributed by atoms with Gasteiger partial charge in [0.1, 0.15) is 44.4 Å². The maximum atomic E-state index is 14.2. The van der Waals surface area contributed by atoms with Gasteiger partial charge < -0.3 is 77.9 Å². The molecule has 2 aliphatic rings. The van der Waals surface area contributed by atoms with E-state index in [1.54, 1.807) is 0 Å². The molecule has 4 N–H and O–H groups in total. The van der Waals surface area contributed by atoms with Crippen molar-refractivity contribution >= 4 is 65.7 Å². The van der Waals surface area contributed by atoms with Crippen LogP contribution in [0.1, 0.15) is 85.8 Å². The van der Waals surface area contributed by atoms with Crippen molar-refractivity contribution in [2.24, 2.45) is 0 Å². The lowest BCUT2D eigenvalue weighted by Gasteiger charge is -2.48. The van der Waals surface area contributed by atoms with E-state index in [1.165, 1.54) is 6.92 Å². The highest BCUT2D eigenvalue weighted by Crippen LogP contribution is 2.44. The number of benzene rings is 2. The minimum atomic E-state index is -2.86. The molecule has 2 aromatic carbocycles. The first-order chi connectivity index (χ1) is 36.3. The summed E-state index contributed by atoms with van der Waals surface area (Å²) in [6.45, 7) is 6.10. The average Bonchev–Trinajstić information content (AvgIpc) is 3.67. The van der Waals surface area contributed by atoms with Gasteiger partial charge in [0.05, 0.1) is 26.2 Å². The van der Waals surface area contributed by atoms with E-state index in [-0.39, 0.29) is 6.61 Å². The Balaban J connectivity index is 1.74.